The van der Waals surface area contributed by atoms with E-state index in [1.54, 1.807) is 0 Å². The molecule has 0 amide bonds. The average Bonchev–Trinajstić information content (AvgIpc) is 2.83. The van der Waals surface area contributed by atoms with E-state index in [-0.39, 0.29) is 5.25 Å². The molecule has 0 aliphatic heterocycles. The third-order valence-electron chi connectivity index (χ3n) is 2.09. The molecule has 1 N–H and O–H groups in total. The molecule has 0 aliphatic carbocycles. The van der Waals surface area contributed by atoms with Crippen LogP contribution in [0.3, 0.4) is 0 Å². The Balaban J connectivity index is 2.15. The standard InChI is InChI=1S/C11H10N4S/c12-7-6-10(9-4-2-1-3-5-9)16-11-13-8-14-15-11/h1-5,8,10H,6H2,(H,13,14,15). The summed E-state index contributed by atoms with van der Waals surface area (Å²) in [4.78, 5) is 4.05. The molecule has 0 saturated carbocycles. The number of hydrogen-bond donors (Lipinski definition) is 1. The van der Waals surface area contributed by atoms with E-state index in [0.717, 1.165) is 10.7 Å². The summed E-state index contributed by atoms with van der Waals surface area (Å²) in [5.41, 5.74) is 1.13. The van der Waals surface area contributed by atoms with Gasteiger partial charge in [0.25, 0.3) is 0 Å². The number of nitrogens with one attached hydrogen (secondary N) is 1. The number of hydrogen-bond acceptors (Lipinski definition) is 4. The number of aromatic nitrogens is 3. The Labute approximate surface area is 97.7 Å². The lowest BCUT2D eigenvalue weighted by Crippen LogP contribution is -1.93. The van der Waals surface area contributed by atoms with E-state index in [9.17, 15) is 0 Å². The van der Waals surface area contributed by atoms with Crippen LogP contribution in [0, 0.1) is 11.3 Å². The normalized spacial score (nSPS) is 11.9. The van der Waals surface area contributed by atoms with Gasteiger partial charge in [-0.15, -0.1) is 0 Å². The van der Waals surface area contributed by atoms with E-state index in [4.69, 9.17) is 5.26 Å². The van der Waals surface area contributed by atoms with Crippen molar-refractivity contribution in [2.75, 3.05) is 0 Å². The zero-order valence-corrected chi connectivity index (χ0v) is 9.31. The number of thioether (sulfide) groups is 1. The molecule has 0 aliphatic rings. The molecule has 1 aromatic heterocycles. The highest BCUT2D eigenvalue weighted by Crippen LogP contribution is 2.35. The van der Waals surface area contributed by atoms with Crippen LogP contribution in [0.5, 0.6) is 0 Å². The second-order valence-electron chi connectivity index (χ2n) is 3.17. The topological polar surface area (TPSA) is 65.4 Å². The molecule has 0 spiro atoms. The molecule has 2 aromatic rings. The minimum atomic E-state index is 0.0964. The van der Waals surface area contributed by atoms with Gasteiger partial charge >= 0.3 is 0 Å². The van der Waals surface area contributed by atoms with Crippen LogP contribution in [-0.2, 0) is 0 Å². The van der Waals surface area contributed by atoms with Crippen LogP contribution in [0.4, 0.5) is 0 Å². The van der Waals surface area contributed by atoms with Crippen LogP contribution in [0.15, 0.2) is 41.8 Å². The van der Waals surface area contributed by atoms with Crippen molar-refractivity contribution >= 4 is 11.8 Å². The third kappa shape index (κ3) is 2.61. The van der Waals surface area contributed by atoms with Gasteiger partial charge in [0, 0.05) is 0 Å². The van der Waals surface area contributed by atoms with Crippen molar-refractivity contribution in [2.24, 2.45) is 0 Å². The Bertz CT molecular complexity index is 460. The second kappa shape index (κ2) is 5.33. The van der Waals surface area contributed by atoms with Crippen molar-refractivity contribution in [3.05, 3.63) is 42.2 Å². The van der Waals surface area contributed by atoms with E-state index in [1.807, 2.05) is 30.3 Å². The fourth-order valence-electron chi connectivity index (χ4n) is 1.36. The summed E-state index contributed by atoms with van der Waals surface area (Å²) in [6.45, 7) is 0. The molecule has 0 fully saturated rings. The van der Waals surface area contributed by atoms with Crippen LogP contribution in [0.1, 0.15) is 17.2 Å². The highest BCUT2D eigenvalue weighted by molar-refractivity contribution is 7.99. The van der Waals surface area contributed by atoms with Gasteiger partial charge in [-0.2, -0.15) is 10.4 Å². The Kier molecular flexibility index (Phi) is 3.57. The average molecular weight is 230 g/mol. The van der Waals surface area contributed by atoms with Crippen LogP contribution < -0.4 is 0 Å². The predicted octanol–water partition coefficient (Wildman–Crippen LogP) is 2.55. The van der Waals surface area contributed by atoms with Crippen molar-refractivity contribution in [3.63, 3.8) is 0 Å². The van der Waals surface area contributed by atoms with E-state index < -0.39 is 0 Å². The summed E-state index contributed by atoms with van der Waals surface area (Å²) >= 11 is 1.52. The smallest absolute Gasteiger partial charge is 0.184 e. The molecule has 1 atom stereocenters. The van der Waals surface area contributed by atoms with Crippen molar-refractivity contribution < 1.29 is 0 Å². The third-order valence-corrected chi connectivity index (χ3v) is 3.24. The Morgan fingerprint density at radius 1 is 1.38 bits per heavy atom. The van der Waals surface area contributed by atoms with Gasteiger partial charge in [-0.1, -0.05) is 42.1 Å². The lowest BCUT2D eigenvalue weighted by Gasteiger charge is -2.11. The Hall–Kier alpha value is -1.80. The maximum atomic E-state index is 8.82. The van der Waals surface area contributed by atoms with E-state index in [1.165, 1.54) is 18.1 Å². The van der Waals surface area contributed by atoms with Gasteiger partial charge in [0.05, 0.1) is 17.7 Å². The first-order valence-corrected chi connectivity index (χ1v) is 5.72. The molecular formula is C11H10N4S. The van der Waals surface area contributed by atoms with E-state index in [0.29, 0.717) is 6.42 Å². The highest BCUT2D eigenvalue weighted by Gasteiger charge is 2.13. The van der Waals surface area contributed by atoms with Gasteiger partial charge < -0.3 is 0 Å². The monoisotopic (exact) mass is 230 g/mol. The molecule has 16 heavy (non-hydrogen) atoms. The molecule has 1 heterocycles. The zero-order valence-electron chi connectivity index (χ0n) is 8.50. The van der Waals surface area contributed by atoms with Gasteiger partial charge in [-0.25, -0.2) is 4.98 Å². The van der Waals surface area contributed by atoms with Crippen molar-refractivity contribution in [1.82, 2.24) is 15.2 Å². The van der Waals surface area contributed by atoms with E-state index >= 15 is 0 Å². The fraction of sp³-hybridized carbons (Fsp3) is 0.182. The Morgan fingerprint density at radius 3 is 2.81 bits per heavy atom. The molecule has 0 saturated heterocycles. The van der Waals surface area contributed by atoms with Crippen LogP contribution in [0.25, 0.3) is 0 Å². The van der Waals surface area contributed by atoms with Crippen molar-refractivity contribution in [3.8, 4) is 6.07 Å². The van der Waals surface area contributed by atoms with Gasteiger partial charge in [0.1, 0.15) is 6.33 Å². The summed E-state index contributed by atoms with van der Waals surface area (Å²) in [5, 5.41) is 16.2. The second-order valence-corrected chi connectivity index (χ2v) is 4.36. The number of nitriles is 1. The molecule has 0 radical (unpaired) electrons. The number of aromatic amines is 1. The first kappa shape index (κ1) is 10.7. The zero-order chi connectivity index (χ0) is 11.2. The SMILES string of the molecule is N#CCC(Sc1ncn[nH]1)c1ccccc1. The fourth-order valence-corrected chi connectivity index (χ4v) is 2.30. The Morgan fingerprint density at radius 2 is 2.19 bits per heavy atom. The number of benzene rings is 1. The van der Waals surface area contributed by atoms with Crippen molar-refractivity contribution in [1.29, 1.82) is 5.26 Å². The largest absolute Gasteiger partial charge is 0.254 e. The summed E-state index contributed by atoms with van der Waals surface area (Å²) in [6.07, 6.45) is 1.92. The summed E-state index contributed by atoms with van der Waals surface area (Å²) in [7, 11) is 0. The molecular weight excluding hydrogens is 220 g/mol. The van der Waals surface area contributed by atoms with Crippen molar-refractivity contribution in [2.45, 2.75) is 16.8 Å². The summed E-state index contributed by atoms with van der Waals surface area (Å²) in [5.74, 6) is 0. The van der Waals surface area contributed by atoms with Gasteiger partial charge in [-0.05, 0) is 5.56 Å². The molecule has 80 valence electrons. The lowest BCUT2D eigenvalue weighted by atomic mass is 10.1. The van der Waals surface area contributed by atoms with Gasteiger partial charge in [-0.3, -0.25) is 5.10 Å². The van der Waals surface area contributed by atoms with Crippen LogP contribution >= 0.6 is 11.8 Å². The molecule has 1 aromatic carbocycles. The van der Waals surface area contributed by atoms with Crippen LogP contribution in [0.2, 0.25) is 0 Å². The van der Waals surface area contributed by atoms with Gasteiger partial charge in [0.2, 0.25) is 0 Å². The highest BCUT2D eigenvalue weighted by atomic mass is 32.2. The predicted molar refractivity (Wildman–Crippen MR) is 61.7 cm³/mol. The number of rotatable bonds is 4. The maximum absolute atomic E-state index is 8.82. The lowest BCUT2D eigenvalue weighted by molar-refractivity contribution is 0.932. The molecule has 0 bridgehead atoms. The number of H-pyrrole nitrogens is 1. The first-order valence-electron chi connectivity index (χ1n) is 4.84. The number of nitrogens with zero attached hydrogens (tertiary/aromatic N) is 3. The summed E-state index contributed by atoms with van der Waals surface area (Å²) in [6, 6.07) is 12.1. The van der Waals surface area contributed by atoms with Gasteiger partial charge in [0.15, 0.2) is 5.16 Å². The maximum Gasteiger partial charge on any atom is 0.184 e. The molecule has 5 heteroatoms. The molecule has 2 rings (SSSR count). The molecule has 4 nitrogen and oxygen atoms in total. The quantitative estimate of drug-likeness (QED) is 0.820. The minimum Gasteiger partial charge on any atom is -0.254 e. The molecule has 1 unspecified atom stereocenters. The van der Waals surface area contributed by atoms with E-state index in [2.05, 4.69) is 21.3 Å². The minimum absolute atomic E-state index is 0.0964. The first-order chi connectivity index (χ1) is 7.90. The van der Waals surface area contributed by atoms with Crippen LogP contribution in [-0.4, -0.2) is 15.2 Å². The summed E-state index contributed by atoms with van der Waals surface area (Å²) < 4.78 is 0.